The quantitative estimate of drug-likeness (QED) is 0.533. The number of ether oxygens (including phenoxy) is 2. The van der Waals surface area contributed by atoms with Gasteiger partial charge in [-0.3, -0.25) is 9.69 Å². The molecule has 0 saturated carbocycles. The summed E-state index contributed by atoms with van der Waals surface area (Å²) in [5.41, 5.74) is 3.31. The smallest absolute Gasteiger partial charge is 0.291 e. The second-order valence-electron chi connectivity index (χ2n) is 8.31. The topological polar surface area (TPSA) is 102 Å². The lowest BCUT2D eigenvalue weighted by molar-refractivity contribution is -0.742. The van der Waals surface area contributed by atoms with Crippen molar-refractivity contribution >= 4 is 5.78 Å². The van der Waals surface area contributed by atoms with Crippen LogP contribution in [0.15, 0.2) is 42.5 Å². The molecule has 0 amide bonds. The average molecular weight is 443 g/mol. The highest BCUT2D eigenvalue weighted by atomic mass is 16.9. The molecule has 0 radical (unpaired) electrons. The molecule has 172 valence electrons. The van der Waals surface area contributed by atoms with Crippen LogP contribution in [-0.4, -0.2) is 48.3 Å². The van der Waals surface area contributed by atoms with Gasteiger partial charge >= 0.3 is 0 Å². The van der Waals surface area contributed by atoms with E-state index in [1.54, 1.807) is 14.2 Å². The minimum atomic E-state index is -1.50. The SMILES string of the molecule is COc1cc2c(cc1OC)C(=O)C(CC1CCN(Cc3ccccc3)CC1)C2.O=[N+]([O-])O. The van der Waals surface area contributed by atoms with E-state index >= 15 is 0 Å². The number of likely N-dealkylation sites (tertiary alicyclic amines) is 1. The predicted molar refractivity (Wildman–Crippen MR) is 119 cm³/mol. The molecule has 0 aromatic heterocycles. The summed E-state index contributed by atoms with van der Waals surface area (Å²) in [7, 11) is 3.26. The number of hydrogen-bond donors (Lipinski definition) is 1. The molecule has 2 aromatic carbocycles. The summed E-state index contributed by atoms with van der Waals surface area (Å²) in [6.45, 7) is 3.27. The van der Waals surface area contributed by atoms with E-state index < -0.39 is 5.09 Å². The third kappa shape index (κ3) is 5.97. The number of fused-ring (bicyclic) bond motifs is 1. The molecular formula is C24H30N2O6. The average Bonchev–Trinajstić information content (AvgIpc) is 3.08. The summed E-state index contributed by atoms with van der Waals surface area (Å²) in [5.74, 6) is 2.38. The number of carbonyl (C=O) groups excluding carboxylic acids is 1. The van der Waals surface area contributed by atoms with Gasteiger partial charge in [0.25, 0.3) is 5.09 Å². The fourth-order valence-electron chi connectivity index (χ4n) is 4.71. The lowest BCUT2D eigenvalue weighted by Gasteiger charge is -2.32. The van der Waals surface area contributed by atoms with Gasteiger partial charge in [-0.1, -0.05) is 30.3 Å². The molecule has 1 aliphatic carbocycles. The van der Waals surface area contributed by atoms with E-state index in [0.29, 0.717) is 17.4 Å². The van der Waals surface area contributed by atoms with Crippen LogP contribution in [0.25, 0.3) is 0 Å². The molecule has 1 heterocycles. The van der Waals surface area contributed by atoms with Crippen LogP contribution in [0.2, 0.25) is 0 Å². The second-order valence-corrected chi connectivity index (χ2v) is 8.31. The summed E-state index contributed by atoms with van der Waals surface area (Å²) in [5, 5.41) is 13.6. The number of piperidine rings is 1. The van der Waals surface area contributed by atoms with Crippen LogP contribution in [0.4, 0.5) is 0 Å². The van der Waals surface area contributed by atoms with E-state index in [1.165, 1.54) is 18.4 Å². The van der Waals surface area contributed by atoms with Crippen LogP contribution in [0.3, 0.4) is 0 Å². The number of nitrogens with zero attached hydrogens (tertiary/aromatic N) is 2. The molecule has 0 spiro atoms. The highest BCUT2D eigenvalue weighted by Crippen LogP contribution is 2.39. The van der Waals surface area contributed by atoms with Gasteiger partial charge in [-0.2, -0.15) is 0 Å². The predicted octanol–water partition coefficient (Wildman–Crippen LogP) is 4.01. The van der Waals surface area contributed by atoms with Gasteiger partial charge in [0.05, 0.1) is 14.2 Å². The molecule has 4 rings (SSSR count). The van der Waals surface area contributed by atoms with Crippen molar-refractivity contribution in [1.29, 1.82) is 0 Å². The summed E-state index contributed by atoms with van der Waals surface area (Å²) in [6, 6.07) is 14.5. The van der Waals surface area contributed by atoms with Crippen molar-refractivity contribution in [3.8, 4) is 11.5 Å². The molecule has 1 saturated heterocycles. The Morgan fingerprint density at radius 1 is 1.09 bits per heavy atom. The van der Waals surface area contributed by atoms with Crippen molar-refractivity contribution in [3.63, 3.8) is 0 Å². The van der Waals surface area contributed by atoms with Crippen LogP contribution in [0, 0.1) is 22.0 Å². The molecule has 2 aliphatic rings. The lowest BCUT2D eigenvalue weighted by atomic mass is 9.85. The molecule has 1 aliphatic heterocycles. The van der Waals surface area contributed by atoms with Crippen LogP contribution in [-0.2, 0) is 13.0 Å². The third-order valence-electron chi connectivity index (χ3n) is 6.29. The Morgan fingerprint density at radius 3 is 2.28 bits per heavy atom. The standard InChI is InChI=1S/C24H29NO3.HNO3/c1-27-22-14-19-13-20(24(26)21(19)15-23(22)28-2)12-17-8-10-25(11-9-17)16-18-6-4-3-5-7-18;2-1(3)4/h3-7,14-15,17,20H,8-13,16H2,1-2H3;(H,2,3,4). The molecule has 32 heavy (non-hydrogen) atoms. The fourth-order valence-corrected chi connectivity index (χ4v) is 4.71. The van der Waals surface area contributed by atoms with Gasteiger partial charge in [0.2, 0.25) is 0 Å². The summed E-state index contributed by atoms with van der Waals surface area (Å²) in [4.78, 5) is 23.8. The Labute approximate surface area is 187 Å². The van der Waals surface area contributed by atoms with Crippen molar-refractivity contribution in [1.82, 2.24) is 4.90 Å². The van der Waals surface area contributed by atoms with Gasteiger partial charge in [0, 0.05) is 18.0 Å². The first kappa shape index (κ1) is 23.5. The highest BCUT2D eigenvalue weighted by Gasteiger charge is 2.34. The van der Waals surface area contributed by atoms with E-state index in [1.807, 2.05) is 12.1 Å². The zero-order chi connectivity index (χ0) is 23.1. The van der Waals surface area contributed by atoms with Gasteiger partial charge < -0.3 is 14.7 Å². The Balaban J connectivity index is 0.000000668. The van der Waals surface area contributed by atoms with Gasteiger partial charge in [-0.15, -0.1) is 10.1 Å². The summed E-state index contributed by atoms with van der Waals surface area (Å²) >= 11 is 0. The zero-order valence-electron chi connectivity index (χ0n) is 18.5. The van der Waals surface area contributed by atoms with E-state index in [2.05, 4.69) is 35.2 Å². The third-order valence-corrected chi connectivity index (χ3v) is 6.29. The molecule has 1 fully saturated rings. The van der Waals surface area contributed by atoms with Crippen molar-refractivity contribution < 1.29 is 24.6 Å². The van der Waals surface area contributed by atoms with Crippen molar-refractivity contribution in [2.75, 3.05) is 27.3 Å². The fraction of sp³-hybridized carbons (Fsp3) is 0.458. The Morgan fingerprint density at radius 2 is 1.69 bits per heavy atom. The first-order valence-electron chi connectivity index (χ1n) is 10.8. The summed E-state index contributed by atoms with van der Waals surface area (Å²) in [6.07, 6.45) is 4.19. The van der Waals surface area contributed by atoms with Crippen LogP contribution in [0.1, 0.15) is 40.7 Å². The van der Waals surface area contributed by atoms with E-state index in [0.717, 1.165) is 43.6 Å². The van der Waals surface area contributed by atoms with Crippen molar-refractivity contribution in [2.45, 2.75) is 32.2 Å². The Hall–Kier alpha value is -3.13. The highest BCUT2D eigenvalue weighted by molar-refractivity contribution is 6.02. The molecule has 2 aromatic rings. The first-order valence-corrected chi connectivity index (χ1v) is 10.8. The number of hydrogen-bond acceptors (Lipinski definition) is 6. The number of methoxy groups -OCH3 is 2. The van der Waals surface area contributed by atoms with Crippen LogP contribution in [0.5, 0.6) is 11.5 Å². The number of carbonyl (C=O) groups is 1. The maximum Gasteiger partial charge on any atom is 0.291 e. The maximum absolute atomic E-state index is 12.9. The van der Waals surface area contributed by atoms with Crippen LogP contribution < -0.4 is 9.47 Å². The van der Waals surface area contributed by atoms with Gasteiger partial charge in [0.15, 0.2) is 17.3 Å². The number of Topliss-reactive ketones (excluding diaryl/α,β-unsaturated/α-hetero) is 1. The molecule has 0 bridgehead atoms. The monoisotopic (exact) mass is 442 g/mol. The maximum atomic E-state index is 12.9. The molecular weight excluding hydrogens is 412 g/mol. The number of ketones is 1. The van der Waals surface area contributed by atoms with Gasteiger partial charge in [-0.25, -0.2) is 0 Å². The van der Waals surface area contributed by atoms with E-state index in [-0.39, 0.29) is 11.7 Å². The molecule has 1 unspecified atom stereocenters. The number of benzene rings is 2. The first-order chi connectivity index (χ1) is 15.4. The van der Waals surface area contributed by atoms with Crippen molar-refractivity contribution in [2.24, 2.45) is 11.8 Å². The van der Waals surface area contributed by atoms with Crippen molar-refractivity contribution in [3.05, 3.63) is 69.3 Å². The minimum absolute atomic E-state index is 0.109. The normalized spacial score (nSPS) is 18.4. The zero-order valence-corrected chi connectivity index (χ0v) is 18.5. The molecule has 1 atom stereocenters. The van der Waals surface area contributed by atoms with Crippen LogP contribution >= 0.6 is 0 Å². The van der Waals surface area contributed by atoms with E-state index in [9.17, 15) is 4.79 Å². The molecule has 8 nitrogen and oxygen atoms in total. The van der Waals surface area contributed by atoms with Gasteiger partial charge in [-0.05, 0) is 68.0 Å². The minimum Gasteiger partial charge on any atom is -0.493 e. The summed E-state index contributed by atoms with van der Waals surface area (Å²) < 4.78 is 10.8. The molecule has 1 N–H and O–H groups in total. The molecule has 8 heteroatoms. The Kier molecular flexibility index (Phi) is 8.05. The van der Waals surface area contributed by atoms with Gasteiger partial charge in [0.1, 0.15) is 0 Å². The Bertz CT molecular complexity index is 922. The van der Waals surface area contributed by atoms with E-state index in [4.69, 9.17) is 24.8 Å². The lowest BCUT2D eigenvalue weighted by Crippen LogP contribution is -2.34. The number of rotatable bonds is 6. The second kappa shape index (κ2) is 10.9. The largest absolute Gasteiger partial charge is 0.493 e.